The van der Waals surface area contributed by atoms with E-state index in [1.54, 1.807) is 51.1 Å². The third-order valence-corrected chi connectivity index (χ3v) is 8.97. The lowest BCUT2D eigenvalue weighted by Gasteiger charge is -2.35. The number of carbonyl (C=O) groups excluding carboxylic acids is 2. The smallest absolute Gasteiger partial charge is 0.264 e. The Kier molecular flexibility index (Phi) is 11.4. The molecule has 4 aromatic carbocycles. The predicted octanol–water partition coefficient (Wildman–Crippen LogP) is 6.11. The molecule has 0 saturated heterocycles. The molecule has 47 heavy (non-hydrogen) atoms. The maximum Gasteiger partial charge on any atom is 0.264 e. The van der Waals surface area contributed by atoms with Crippen LogP contribution >= 0.6 is 0 Å². The molecule has 0 aliphatic rings. The highest BCUT2D eigenvalue weighted by molar-refractivity contribution is 7.92. The Morgan fingerprint density at radius 1 is 0.851 bits per heavy atom. The van der Waals surface area contributed by atoms with Crippen LogP contribution in [0, 0.1) is 11.6 Å². The summed E-state index contributed by atoms with van der Waals surface area (Å²) in [5.41, 5.74) is 0.362. The molecule has 0 unspecified atom stereocenters. The van der Waals surface area contributed by atoms with E-state index in [4.69, 9.17) is 4.74 Å². The number of ether oxygens (including phenoxy) is 1. The predicted molar refractivity (Wildman–Crippen MR) is 177 cm³/mol. The van der Waals surface area contributed by atoms with Crippen LogP contribution in [0.1, 0.15) is 38.8 Å². The minimum absolute atomic E-state index is 0.0801. The number of benzene rings is 4. The van der Waals surface area contributed by atoms with Crippen LogP contribution in [-0.2, 0) is 32.6 Å². The van der Waals surface area contributed by atoms with E-state index in [1.807, 2.05) is 25.1 Å². The van der Waals surface area contributed by atoms with Gasteiger partial charge in [0.2, 0.25) is 11.8 Å². The molecule has 1 N–H and O–H groups in total. The number of sulfonamides is 1. The van der Waals surface area contributed by atoms with E-state index < -0.39 is 51.6 Å². The van der Waals surface area contributed by atoms with Gasteiger partial charge in [0.15, 0.2) is 0 Å². The number of rotatable bonds is 13. The van der Waals surface area contributed by atoms with Crippen molar-refractivity contribution in [3.05, 3.63) is 126 Å². The van der Waals surface area contributed by atoms with Gasteiger partial charge in [0.1, 0.15) is 30.0 Å². The van der Waals surface area contributed by atoms with Crippen LogP contribution in [0.15, 0.2) is 108 Å². The summed E-state index contributed by atoms with van der Waals surface area (Å²) in [4.78, 5) is 29.4. The fraction of sp³-hybridized carbons (Fsp3) is 0.278. The summed E-state index contributed by atoms with van der Waals surface area (Å²) in [6.45, 7) is 6.55. The van der Waals surface area contributed by atoms with Gasteiger partial charge in [-0.15, -0.1) is 0 Å². The molecule has 248 valence electrons. The van der Waals surface area contributed by atoms with Crippen LogP contribution in [0.2, 0.25) is 0 Å². The lowest BCUT2D eigenvalue weighted by atomic mass is 10.0. The summed E-state index contributed by atoms with van der Waals surface area (Å²) in [5.74, 6) is -1.96. The van der Waals surface area contributed by atoms with E-state index in [0.717, 1.165) is 34.1 Å². The van der Waals surface area contributed by atoms with Gasteiger partial charge in [-0.1, -0.05) is 48.5 Å². The molecule has 0 radical (unpaired) electrons. The molecule has 0 saturated carbocycles. The summed E-state index contributed by atoms with van der Waals surface area (Å²) in [6.07, 6.45) is 0.0801. The Bertz CT molecular complexity index is 1760. The van der Waals surface area contributed by atoms with Gasteiger partial charge in [0, 0.05) is 24.1 Å². The van der Waals surface area contributed by atoms with Gasteiger partial charge in [-0.2, -0.15) is 0 Å². The minimum atomic E-state index is -4.44. The summed E-state index contributed by atoms with van der Waals surface area (Å²) in [6, 6.07) is 24.2. The first-order chi connectivity index (χ1) is 22.3. The minimum Gasteiger partial charge on any atom is -0.494 e. The van der Waals surface area contributed by atoms with E-state index in [1.165, 1.54) is 35.2 Å². The van der Waals surface area contributed by atoms with Crippen LogP contribution < -0.4 is 14.4 Å². The first-order valence-corrected chi connectivity index (χ1v) is 16.6. The Labute approximate surface area is 275 Å². The third kappa shape index (κ3) is 9.38. The van der Waals surface area contributed by atoms with Crippen molar-refractivity contribution < 1.29 is 31.5 Å². The lowest BCUT2D eigenvalue weighted by molar-refractivity contribution is -0.140. The standard InChI is InChI=1S/C36H39F2N3O5S/c1-5-46-30-19-17-29(18-20-30)41(47(44,45)31-21-15-28(37)16-22-31)25-34(42)40(24-27-13-9-10-14-32(27)38)33(35(43)39-36(2,3)4)23-26-11-7-6-8-12-26/h6-22,33H,5,23-25H2,1-4H3,(H,39,43)/t33-/m0/s1. The zero-order valence-electron chi connectivity index (χ0n) is 26.8. The van der Waals surface area contributed by atoms with Crippen LogP contribution in [0.4, 0.5) is 14.5 Å². The van der Waals surface area contributed by atoms with Crippen LogP contribution in [0.25, 0.3) is 0 Å². The molecule has 8 nitrogen and oxygen atoms in total. The van der Waals surface area contributed by atoms with E-state index in [0.29, 0.717) is 12.4 Å². The SMILES string of the molecule is CCOc1ccc(N(CC(=O)N(Cc2ccccc2F)[C@@H](Cc2ccccc2)C(=O)NC(C)(C)C)S(=O)(=O)c2ccc(F)cc2)cc1. The van der Waals surface area contributed by atoms with Crippen molar-refractivity contribution >= 4 is 27.5 Å². The molecule has 0 heterocycles. The number of carbonyl (C=O) groups is 2. The molecule has 2 amide bonds. The second kappa shape index (κ2) is 15.2. The molecular weight excluding hydrogens is 624 g/mol. The van der Waals surface area contributed by atoms with Gasteiger partial charge in [-0.05, 0) is 87.9 Å². The van der Waals surface area contributed by atoms with Crippen molar-refractivity contribution in [2.75, 3.05) is 17.5 Å². The molecule has 11 heteroatoms. The number of hydrogen-bond donors (Lipinski definition) is 1. The fourth-order valence-corrected chi connectivity index (χ4v) is 6.37. The van der Waals surface area contributed by atoms with E-state index >= 15 is 4.39 Å². The van der Waals surface area contributed by atoms with Crippen LogP contribution in [-0.4, -0.2) is 49.9 Å². The average Bonchev–Trinajstić information content (AvgIpc) is 3.02. The summed E-state index contributed by atoms with van der Waals surface area (Å²) < 4.78 is 63.4. The number of hydrogen-bond acceptors (Lipinski definition) is 5. The van der Waals surface area contributed by atoms with Crippen molar-refractivity contribution in [1.82, 2.24) is 10.2 Å². The topological polar surface area (TPSA) is 96.0 Å². The first-order valence-electron chi connectivity index (χ1n) is 15.2. The number of nitrogens with zero attached hydrogens (tertiary/aromatic N) is 2. The second-order valence-corrected chi connectivity index (χ2v) is 13.8. The highest BCUT2D eigenvalue weighted by Gasteiger charge is 2.36. The van der Waals surface area contributed by atoms with Gasteiger partial charge < -0.3 is 15.0 Å². The van der Waals surface area contributed by atoms with Crippen molar-refractivity contribution in [2.24, 2.45) is 0 Å². The molecule has 0 fully saturated rings. The van der Waals surface area contributed by atoms with Gasteiger partial charge in [0.25, 0.3) is 10.0 Å². The van der Waals surface area contributed by atoms with Crippen molar-refractivity contribution in [3.8, 4) is 5.75 Å². The zero-order valence-corrected chi connectivity index (χ0v) is 27.6. The number of amides is 2. The summed E-state index contributed by atoms with van der Waals surface area (Å²) in [7, 11) is -4.44. The average molecular weight is 664 g/mol. The molecule has 0 bridgehead atoms. The molecule has 1 atom stereocenters. The molecule has 0 aliphatic carbocycles. The zero-order chi connectivity index (χ0) is 34.2. The molecule has 0 aliphatic heterocycles. The van der Waals surface area contributed by atoms with Crippen molar-refractivity contribution in [1.29, 1.82) is 0 Å². The largest absolute Gasteiger partial charge is 0.494 e. The monoisotopic (exact) mass is 663 g/mol. The Balaban J connectivity index is 1.82. The van der Waals surface area contributed by atoms with E-state index in [9.17, 15) is 22.4 Å². The third-order valence-electron chi connectivity index (χ3n) is 7.18. The highest BCUT2D eigenvalue weighted by atomic mass is 32.2. The quantitative estimate of drug-likeness (QED) is 0.186. The van der Waals surface area contributed by atoms with Crippen molar-refractivity contribution in [2.45, 2.75) is 57.1 Å². The van der Waals surface area contributed by atoms with Crippen LogP contribution in [0.5, 0.6) is 5.75 Å². The Hall–Kier alpha value is -4.77. The van der Waals surface area contributed by atoms with Crippen molar-refractivity contribution in [3.63, 3.8) is 0 Å². The number of halogens is 2. The first kappa shape index (κ1) is 35.1. The molecular formula is C36H39F2N3O5S. The van der Waals surface area contributed by atoms with Crippen LogP contribution in [0.3, 0.4) is 0 Å². The van der Waals surface area contributed by atoms with Gasteiger partial charge in [-0.25, -0.2) is 17.2 Å². The normalized spacial score (nSPS) is 12.2. The number of nitrogens with one attached hydrogen (secondary N) is 1. The maximum absolute atomic E-state index is 15.1. The number of anilines is 1. The Morgan fingerprint density at radius 3 is 2.06 bits per heavy atom. The second-order valence-electron chi connectivity index (χ2n) is 12.0. The van der Waals surface area contributed by atoms with E-state index in [2.05, 4.69) is 5.32 Å². The molecule has 0 aromatic heterocycles. The summed E-state index contributed by atoms with van der Waals surface area (Å²) in [5, 5.41) is 2.93. The molecule has 0 spiro atoms. The molecule has 4 rings (SSSR count). The van der Waals surface area contributed by atoms with Gasteiger partial charge in [0.05, 0.1) is 17.2 Å². The molecule has 4 aromatic rings. The van der Waals surface area contributed by atoms with Gasteiger partial charge >= 0.3 is 0 Å². The Morgan fingerprint density at radius 2 is 1.47 bits per heavy atom. The van der Waals surface area contributed by atoms with E-state index in [-0.39, 0.29) is 29.1 Å². The highest BCUT2D eigenvalue weighted by Crippen LogP contribution is 2.27. The van der Waals surface area contributed by atoms with Gasteiger partial charge in [-0.3, -0.25) is 13.9 Å². The summed E-state index contributed by atoms with van der Waals surface area (Å²) >= 11 is 0. The maximum atomic E-state index is 15.1. The lowest BCUT2D eigenvalue weighted by Crippen LogP contribution is -2.56. The fourth-order valence-electron chi connectivity index (χ4n) is 4.95.